The van der Waals surface area contributed by atoms with Crippen LogP contribution < -0.4 is 0 Å². The Bertz CT molecular complexity index is 48.4. The van der Waals surface area contributed by atoms with Crippen molar-refractivity contribution in [2.75, 3.05) is 13.2 Å². The van der Waals surface area contributed by atoms with Crippen LogP contribution in [0.3, 0.4) is 0 Å². The lowest BCUT2D eigenvalue weighted by Gasteiger charge is -1.65. The molecule has 0 bridgehead atoms. The second-order valence-electron chi connectivity index (χ2n) is 1.82. The zero-order valence-electron chi connectivity index (χ0n) is 5.03. The van der Waals surface area contributed by atoms with Crippen LogP contribution in [0, 0.1) is 0 Å². The Kier molecular flexibility index (Phi) is 3.71. The minimum atomic E-state index is 1.00. The SMILES string of the molecule is C1CO1.C=C(C)C. The van der Waals surface area contributed by atoms with E-state index < -0.39 is 0 Å². The van der Waals surface area contributed by atoms with Crippen LogP contribution in [0.4, 0.5) is 0 Å². The van der Waals surface area contributed by atoms with E-state index in [9.17, 15) is 0 Å². The molecule has 1 heterocycles. The predicted octanol–water partition coefficient (Wildman–Crippen LogP) is 1.60. The summed E-state index contributed by atoms with van der Waals surface area (Å²) in [5, 5.41) is 0. The minimum Gasteiger partial charge on any atom is -0.377 e. The maximum Gasteiger partial charge on any atom is 0.0701 e. The van der Waals surface area contributed by atoms with Gasteiger partial charge in [-0.15, -0.1) is 6.58 Å². The number of rotatable bonds is 0. The molecule has 0 aromatic heterocycles. The van der Waals surface area contributed by atoms with E-state index in [0.29, 0.717) is 0 Å². The molecule has 0 aromatic rings. The Morgan fingerprint density at radius 1 is 1.43 bits per heavy atom. The molecule has 1 aliphatic heterocycles. The van der Waals surface area contributed by atoms with Crippen LogP contribution in [0.25, 0.3) is 0 Å². The van der Waals surface area contributed by atoms with Gasteiger partial charge in [-0.05, 0) is 13.8 Å². The van der Waals surface area contributed by atoms with Gasteiger partial charge in [0, 0.05) is 0 Å². The standard InChI is InChI=1S/C4H8.C2H4O/c1-4(2)3;1-2-3-1/h1H2,2-3H3;1-2H2. The molecule has 1 rings (SSSR count). The van der Waals surface area contributed by atoms with E-state index in [0.717, 1.165) is 13.2 Å². The lowest BCUT2D eigenvalue weighted by molar-refractivity contribution is 0.475. The second kappa shape index (κ2) is 3.88. The quantitative estimate of drug-likeness (QED) is 0.333. The molecule has 1 nitrogen and oxygen atoms in total. The molecule has 1 aliphatic rings. The van der Waals surface area contributed by atoms with Gasteiger partial charge < -0.3 is 4.74 Å². The third-order valence-electron chi connectivity index (χ3n) is 0.204. The van der Waals surface area contributed by atoms with Gasteiger partial charge in [-0.2, -0.15) is 0 Å². The van der Waals surface area contributed by atoms with Gasteiger partial charge in [0.25, 0.3) is 0 Å². The molecule has 0 radical (unpaired) electrons. The second-order valence-corrected chi connectivity index (χ2v) is 1.82. The predicted molar refractivity (Wildman–Crippen MR) is 31.3 cm³/mol. The first-order chi connectivity index (χ1) is 3.23. The molecule has 1 heteroatoms. The summed E-state index contributed by atoms with van der Waals surface area (Å²) < 4.78 is 4.50. The summed E-state index contributed by atoms with van der Waals surface area (Å²) in [6.45, 7) is 9.50. The average molecular weight is 100 g/mol. The summed E-state index contributed by atoms with van der Waals surface area (Å²) >= 11 is 0. The molecule has 0 amide bonds. The van der Waals surface area contributed by atoms with Crippen LogP contribution in [0.15, 0.2) is 12.2 Å². The van der Waals surface area contributed by atoms with Gasteiger partial charge in [0.05, 0.1) is 13.2 Å². The Morgan fingerprint density at radius 3 is 1.57 bits per heavy atom. The number of hydrogen-bond acceptors (Lipinski definition) is 1. The molecule has 0 spiro atoms. The number of hydrogen-bond donors (Lipinski definition) is 0. The molecule has 1 fully saturated rings. The monoisotopic (exact) mass is 100 g/mol. The molecule has 0 atom stereocenters. The fraction of sp³-hybridized carbons (Fsp3) is 0.667. The summed E-state index contributed by atoms with van der Waals surface area (Å²) in [5.41, 5.74) is 1.17. The van der Waals surface area contributed by atoms with Crippen molar-refractivity contribution in [1.29, 1.82) is 0 Å². The van der Waals surface area contributed by atoms with Crippen molar-refractivity contribution in [3.8, 4) is 0 Å². The van der Waals surface area contributed by atoms with E-state index in [-0.39, 0.29) is 0 Å². The lowest BCUT2D eigenvalue weighted by atomic mass is 10.4. The topological polar surface area (TPSA) is 12.5 Å². The Balaban J connectivity index is 0.000000105. The number of ether oxygens (including phenoxy) is 1. The highest BCUT2D eigenvalue weighted by Gasteiger charge is 1.94. The fourth-order valence-electron chi connectivity index (χ4n) is 0. The molecule has 0 unspecified atom stereocenters. The maximum absolute atomic E-state index is 4.50. The third-order valence-corrected chi connectivity index (χ3v) is 0.204. The van der Waals surface area contributed by atoms with Gasteiger partial charge in [0.15, 0.2) is 0 Å². The Morgan fingerprint density at radius 2 is 1.57 bits per heavy atom. The normalized spacial score (nSPS) is 14.0. The zero-order valence-corrected chi connectivity index (χ0v) is 5.03. The molecule has 0 aliphatic carbocycles. The van der Waals surface area contributed by atoms with Crippen molar-refractivity contribution in [3.63, 3.8) is 0 Å². The van der Waals surface area contributed by atoms with Gasteiger partial charge in [0.1, 0.15) is 0 Å². The molecule has 0 saturated carbocycles. The van der Waals surface area contributed by atoms with Crippen LogP contribution in [0.5, 0.6) is 0 Å². The van der Waals surface area contributed by atoms with E-state index in [1.165, 1.54) is 5.57 Å². The number of epoxide rings is 1. The van der Waals surface area contributed by atoms with Crippen LogP contribution in [0.1, 0.15) is 13.8 Å². The van der Waals surface area contributed by atoms with Crippen LogP contribution in [0.2, 0.25) is 0 Å². The average Bonchev–Trinajstić information content (AvgIpc) is 2.02. The van der Waals surface area contributed by atoms with Gasteiger partial charge >= 0.3 is 0 Å². The highest BCUT2D eigenvalue weighted by Crippen LogP contribution is 1.84. The first-order valence-corrected chi connectivity index (χ1v) is 2.43. The summed E-state index contributed by atoms with van der Waals surface area (Å²) in [7, 11) is 0. The highest BCUT2D eigenvalue weighted by molar-refractivity contribution is 4.78. The molecular formula is C6H12O. The van der Waals surface area contributed by atoms with E-state index in [1.807, 2.05) is 13.8 Å². The summed E-state index contributed by atoms with van der Waals surface area (Å²) in [5.74, 6) is 0. The Hall–Kier alpha value is -0.300. The molecule has 7 heavy (non-hydrogen) atoms. The van der Waals surface area contributed by atoms with Crippen LogP contribution >= 0.6 is 0 Å². The largest absolute Gasteiger partial charge is 0.377 e. The van der Waals surface area contributed by atoms with E-state index in [2.05, 4.69) is 11.3 Å². The highest BCUT2D eigenvalue weighted by atomic mass is 16.6. The molecule has 42 valence electrons. The van der Waals surface area contributed by atoms with Crippen molar-refractivity contribution >= 4 is 0 Å². The molecule has 0 aromatic carbocycles. The van der Waals surface area contributed by atoms with Gasteiger partial charge in [-0.25, -0.2) is 0 Å². The lowest BCUT2D eigenvalue weighted by Crippen LogP contribution is -1.43. The Labute approximate surface area is 45.0 Å². The smallest absolute Gasteiger partial charge is 0.0701 e. The molecule has 0 N–H and O–H groups in total. The van der Waals surface area contributed by atoms with Crippen molar-refractivity contribution in [3.05, 3.63) is 12.2 Å². The van der Waals surface area contributed by atoms with E-state index in [1.54, 1.807) is 0 Å². The fourth-order valence-corrected chi connectivity index (χ4v) is 0. The van der Waals surface area contributed by atoms with Crippen molar-refractivity contribution in [2.45, 2.75) is 13.8 Å². The first kappa shape index (κ1) is 6.70. The van der Waals surface area contributed by atoms with Crippen LogP contribution in [-0.2, 0) is 4.74 Å². The summed E-state index contributed by atoms with van der Waals surface area (Å²) in [6.07, 6.45) is 0. The van der Waals surface area contributed by atoms with Crippen molar-refractivity contribution < 1.29 is 4.74 Å². The van der Waals surface area contributed by atoms with Gasteiger partial charge in [-0.1, -0.05) is 5.57 Å². The molecule has 1 saturated heterocycles. The van der Waals surface area contributed by atoms with E-state index in [4.69, 9.17) is 0 Å². The van der Waals surface area contributed by atoms with Crippen molar-refractivity contribution in [2.24, 2.45) is 0 Å². The minimum absolute atomic E-state index is 1.00. The summed E-state index contributed by atoms with van der Waals surface area (Å²) in [4.78, 5) is 0. The van der Waals surface area contributed by atoms with E-state index >= 15 is 0 Å². The van der Waals surface area contributed by atoms with Crippen LogP contribution in [-0.4, -0.2) is 13.2 Å². The maximum atomic E-state index is 4.50. The van der Waals surface area contributed by atoms with Crippen molar-refractivity contribution in [1.82, 2.24) is 0 Å². The first-order valence-electron chi connectivity index (χ1n) is 2.43. The zero-order chi connectivity index (χ0) is 5.70. The van der Waals surface area contributed by atoms with Gasteiger partial charge in [0.2, 0.25) is 0 Å². The summed E-state index contributed by atoms with van der Waals surface area (Å²) in [6, 6.07) is 0. The molecular weight excluding hydrogens is 88.1 g/mol. The van der Waals surface area contributed by atoms with Gasteiger partial charge in [-0.3, -0.25) is 0 Å². The third kappa shape index (κ3) is 159. The number of allylic oxidation sites excluding steroid dienone is 1.